The first kappa shape index (κ1) is 15.2. The molecule has 1 aromatic rings. The molecule has 1 saturated carbocycles. The number of benzene rings is 1. The minimum Gasteiger partial charge on any atom is -0.493 e. The van der Waals surface area contributed by atoms with Crippen LogP contribution >= 0.6 is 0 Å². The van der Waals surface area contributed by atoms with Crippen molar-refractivity contribution in [3.8, 4) is 0 Å². The number of aldehydes is 1. The van der Waals surface area contributed by atoms with Gasteiger partial charge in [0.1, 0.15) is 4.91 Å². The van der Waals surface area contributed by atoms with Gasteiger partial charge in [-0.2, -0.15) is 0 Å². The molecule has 1 heterocycles. The van der Waals surface area contributed by atoms with Gasteiger partial charge < -0.3 is 9.47 Å². The summed E-state index contributed by atoms with van der Waals surface area (Å²) >= 11 is 0. The molecule has 0 spiro atoms. The van der Waals surface area contributed by atoms with E-state index in [1.165, 1.54) is 0 Å². The van der Waals surface area contributed by atoms with Gasteiger partial charge in [0.25, 0.3) is 0 Å². The Morgan fingerprint density at radius 3 is 2.55 bits per heavy atom. The zero-order valence-electron chi connectivity index (χ0n) is 12.3. The lowest BCUT2D eigenvalue weighted by Gasteiger charge is -2.26. The Labute approximate surface area is 129 Å². The maximum absolute atomic E-state index is 12.0. The van der Waals surface area contributed by atoms with Crippen LogP contribution in [0.5, 0.6) is 0 Å². The Hall–Kier alpha value is -1.66. The molecule has 0 radical (unpaired) electrons. The largest absolute Gasteiger partial charge is 0.493 e. The first-order valence-corrected chi connectivity index (χ1v) is 9.09. The van der Waals surface area contributed by atoms with E-state index in [4.69, 9.17) is 9.47 Å². The summed E-state index contributed by atoms with van der Waals surface area (Å²) in [5.41, 5.74) is -0.886. The third kappa shape index (κ3) is 2.68. The van der Waals surface area contributed by atoms with Crippen molar-refractivity contribution in [2.24, 2.45) is 5.92 Å². The Morgan fingerprint density at radius 2 is 2.00 bits per heavy atom. The number of hydrogen-bond donors (Lipinski definition) is 0. The van der Waals surface area contributed by atoms with Gasteiger partial charge in [-0.3, -0.25) is 4.79 Å². The maximum Gasteiger partial charge on any atom is 0.206 e. The number of sulfone groups is 1. The van der Waals surface area contributed by atoms with Crippen LogP contribution in [0, 0.1) is 5.92 Å². The normalized spacial score (nSPS) is 25.3. The van der Waals surface area contributed by atoms with Gasteiger partial charge in [0.05, 0.1) is 13.2 Å². The average molecular weight is 322 g/mol. The molecule has 0 saturated heterocycles. The monoisotopic (exact) mass is 322 g/mol. The molecule has 6 heteroatoms. The molecule has 0 bridgehead atoms. The van der Waals surface area contributed by atoms with E-state index in [9.17, 15) is 13.2 Å². The van der Waals surface area contributed by atoms with Crippen molar-refractivity contribution >= 4 is 16.1 Å². The van der Waals surface area contributed by atoms with E-state index in [2.05, 4.69) is 0 Å². The fourth-order valence-electron chi connectivity index (χ4n) is 2.52. The van der Waals surface area contributed by atoms with Gasteiger partial charge in [0, 0.05) is 6.26 Å². The summed E-state index contributed by atoms with van der Waals surface area (Å²) in [6.45, 7) is 0.270. The van der Waals surface area contributed by atoms with Crippen molar-refractivity contribution in [1.29, 1.82) is 0 Å². The van der Waals surface area contributed by atoms with Gasteiger partial charge in [-0.1, -0.05) is 30.3 Å². The van der Waals surface area contributed by atoms with Crippen LogP contribution < -0.4 is 0 Å². The highest BCUT2D eigenvalue weighted by molar-refractivity contribution is 7.94. The van der Waals surface area contributed by atoms with E-state index in [-0.39, 0.29) is 17.3 Å². The van der Waals surface area contributed by atoms with Gasteiger partial charge in [-0.25, -0.2) is 8.42 Å². The van der Waals surface area contributed by atoms with Gasteiger partial charge in [-0.15, -0.1) is 0 Å². The Balaban J connectivity index is 2.08. The van der Waals surface area contributed by atoms with Gasteiger partial charge in [0.2, 0.25) is 5.60 Å². The van der Waals surface area contributed by atoms with Crippen LogP contribution in [0.1, 0.15) is 18.4 Å². The number of carbonyl (C=O) groups is 1. The molecule has 1 unspecified atom stereocenters. The van der Waals surface area contributed by atoms with Crippen molar-refractivity contribution in [2.75, 3.05) is 19.5 Å². The van der Waals surface area contributed by atoms with E-state index in [1.807, 2.05) is 6.07 Å². The Morgan fingerprint density at radius 1 is 1.32 bits per heavy atom. The van der Waals surface area contributed by atoms with E-state index >= 15 is 0 Å². The molecule has 0 N–H and O–H groups in total. The highest BCUT2D eigenvalue weighted by Crippen LogP contribution is 2.42. The highest BCUT2D eigenvalue weighted by Gasteiger charge is 2.48. The standard InChI is InChI=1S/C16H18O5S/c1-22(18,19)14-10-21-16(11-17,13-5-3-2-4-6-13)15(14)20-9-12-7-8-12/h2-6,11-12H,7-10H2,1H3. The molecule has 2 aliphatic rings. The Kier molecular flexibility index (Phi) is 3.82. The van der Waals surface area contributed by atoms with Crippen LogP contribution in [-0.4, -0.2) is 34.2 Å². The SMILES string of the molecule is CS(=O)(=O)C1=C(OCC2CC2)C(C=O)(c2ccccc2)OC1. The number of hydrogen-bond acceptors (Lipinski definition) is 5. The Bertz CT molecular complexity index is 703. The first-order chi connectivity index (χ1) is 10.5. The van der Waals surface area contributed by atoms with E-state index in [1.54, 1.807) is 24.3 Å². The van der Waals surface area contributed by atoms with Crippen LogP contribution in [0.4, 0.5) is 0 Å². The van der Waals surface area contributed by atoms with Crippen molar-refractivity contribution < 1.29 is 22.7 Å². The molecule has 0 amide bonds. The van der Waals surface area contributed by atoms with Crippen LogP contribution in [0.15, 0.2) is 41.0 Å². The predicted molar refractivity (Wildman–Crippen MR) is 80.7 cm³/mol. The van der Waals surface area contributed by atoms with Gasteiger partial charge >= 0.3 is 0 Å². The number of ether oxygens (including phenoxy) is 2. The quantitative estimate of drug-likeness (QED) is 0.747. The van der Waals surface area contributed by atoms with Crippen LogP contribution in [0.2, 0.25) is 0 Å². The third-order valence-electron chi connectivity index (χ3n) is 4.00. The second-order valence-electron chi connectivity index (χ2n) is 5.79. The summed E-state index contributed by atoms with van der Waals surface area (Å²) in [6.07, 6.45) is 3.88. The van der Waals surface area contributed by atoms with E-state index in [0.29, 0.717) is 24.4 Å². The molecule has 1 fully saturated rings. The number of carbonyl (C=O) groups excluding carboxylic acids is 1. The summed E-state index contributed by atoms with van der Waals surface area (Å²) in [5, 5.41) is 0. The van der Waals surface area contributed by atoms with E-state index < -0.39 is 15.4 Å². The summed E-state index contributed by atoms with van der Waals surface area (Å²) in [6, 6.07) is 8.85. The fraction of sp³-hybridized carbons (Fsp3) is 0.438. The zero-order chi connectivity index (χ0) is 15.8. The number of rotatable bonds is 6. The van der Waals surface area contributed by atoms with Crippen LogP contribution in [0.25, 0.3) is 0 Å². The molecule has 22 heavy (non-hydrogen) atoms. The molecule has 3 rings (SSSR count). The third-order valence-corrected chi connectivity index (χ3v) is 5.20. The topological polar surface area (TPSA) is 69.7 Å². The van der Waals surface area contributed by atoms with Gasteiger partial charge in [-0.05, 0) is 24.3 Å². The second kappa shape index (κ2) is 5.52. The molecule has 1 aliphatic carbocycles. The molecular formula is C16H18O5S. The first-order valence-electron chi connectivity index (χ1n) is 7.19. The minimum atomic E-state index is -3.50. The molecule has 5 nitrogen and oxygen atoms in total. The summed E-state index contributed by atoms with van der Waals surface area (Å²) in [4.78, 5) is 11.9. The zero-order valence-corrected chi connectivity index (χ0v) is 13.1. The summed E-state index contributed by atoms with van der Waals surface area (Å²) in [7, 11) is -3.50. The molecule has 118 valence electrons. The van der Waals surface area contributed by atoms with E-state index in [0.717, 1.165) is 19.1 Å². The van der Waals surface area contributed by atoms with Gasteiger partial charge in [0.15, 0.2) is 21.9 Å². The second-order valence-corrected chi connectivity index (χ2v) is 7.82. The lowest BCUT2D eigenvalue weighted by atomic mass is 9.94. The average Bonchev–Trinajstić information content (AvgIpc) is 3.24. The minimum absolute atomic E-state index is 0.0594. The summed E-state index contributed by atoms with van der Waals surface area (Å²) < 4.78 is 35.4. The van der Waals surface area contributed by atoms with Crippen molar-refractivity contribution in [1.82, 2.24) is 0 Å². The van der Waals surface area contributed by atoms with Crippen LogP contribution in [-0.2, 0) is 29.7 Å². The molecule has 1 atom stereocenters. The predicted octanol–water partition coefficient (Wildman–Crippen LogP) is 1.79. The summed E-state index contributed by atoms with van der Waals surface area (Å²) in [5.74, 6) is 0.567. The van der Waals surface area contributed by atoms with Crippen molar-refractivity contribution in [2.45, 2.75) is 18.4 Å². The molecule has 0 aromatic heterocycles. The molecule has 1 aliphatic heterocycles. The van der Waals surface area contributed by atoms with Crippen LogP contribution in [0.3, 0.4) is 0 Å². The highest BCUT2D eigenvalue weighted by atomic mass is 32.2. The molecular weight excluding hydrogens is 304 g/mol. The molecule has 1 aromatic carbocycles. The smallest absolute Gasteiger partial charge is 0.206 e. The lowest BCUT2D eigenvalue weighted by molar-refractivity contribution is -0.128. The van der Waals surface area contributed by atoms with Crippen molar-refractivity contribution in [3.63, 3.8) is 0 Å². The van der Waals surface area contributed by atoms with Crippen molar-refractivity contribution in [3.05, 3.63) is 46.6 Å². The lowest BCUT2D eigenvalue weighted by Crippen LogP contribution is -2.32. The fourth-order valence-corrected chi connectivity index (χ4v) is 3.34. The maximum atomic E-state index is 12.0.